The van der Waals surface area contributed by atoms with Crippen LogP contribution in [0.15, 0.2) is 0 Å². The minimum absolute atomic E-state index is 0.169. The summed E-state index contributed by atoms with van der Waals surface area (Å²) in [5.74, 6) is -4.61. The largest absolute Gasteiger partial charge is 0.370 e. The van der Waals surface area contributed by atoms with Crippen LogP contribution in [0.1, 0.15) is 39.0 Å². The summed E-state index contributed by atoms with van der Waals surface area (Å²) in [6.07, 6.45) is 0.284. The summed E-state index contributed by atoms with van der Waals surface area (Å²) in [7, 11) is 0. The zero-order valence-electron chi connectivity index (χ0n) is 16.2. The number of hydrogen-bond acceptors (Lipinski definition) is 7. The summed E-state index contributed by atoms with van der Waals surface area (Å²) >= 11 is 0. The molecule has 13 heteroatoms. The average Bonchev–Trinajstić information content (AvgIpc) is 2.58. The molecule has 29 heavy (non-hydrogen) atoms. The minimum atomic E-state index is -1.42. The number of rotatable bonds is 14. The Hall–Kier alpha value is -3.22. The smallest absolute Gasteiger partial charge is 0.243 e. The van der Waals surface area contributed by atoms with Crippen LogP contribution in [0.5, 0.6) is 0 Å². The Kier molecular flexibility index (Phi) is 11.6. The molecular weight excluding hydrogens is 386 g/mol. The monoisotopic (exact) mass is 415 g/mol. The number of unbranched alkanes of at least 4 members (excludes halogenated alkanes) is 1. The maximum absolute atomic E-state index is 12.3. The van der Waals surface area contributed by atoms with E-state index >= 15 is 0 Å². The van der Waals surface area contributed by atoms with E-state index in [4.69, 9.17) is 22.9 Å². The van der Waals surface area contributed by atoms with E-state index in [-0.39, 0.29) is 12.3 Å². The Morgan fingerprint density at radius 1 is 0.793 bits per heavy atom. The normalized spacial score (nSPS) is 13.4. The molecule has 3 unspecified atom stereocenters. The second-order valence-electron chi connectivity index (χ2n) is 6.45. The molecule has 0 aliphatic rings. The van der Waals surface area contributed by atoms with Crippen molar-refractivity contribution >= 4 is 35.4 Å². The van der Waals surface area contributed by atoms with Crippen molar-refractivity contribution in [3.8, 4) is 0 Å². The van der Waals surface area contributed by atoms with Crippen LogP contribution in [-0.2, 0) is 28.8 Å². The van der Waals surface area contributed by atoms with Gasteiger partial charge in [-0.1, -0.05) is 0 Å². The van der Waals surface area contributed by atoms with Crippen LogP contribution >= 0.6 is 0 Å². The Bertz CT molecular complexity index is 639. The van der Waals surface area contributed by atoms with Crippen LogP contribution < -0.4 is 38.9 Å². The Balaban J connectivity index is 4.82. The molecule has 0 radical (unpaired) electrons. The predicted molar refractivity (Wildman–Crippen MR) is 101 cm³/mol. The van der Waals surface area contributed by atoms with Crippen molar-refractivity contribution in [3.63, 3.8) is 0 Å². The number of amides is 6. The Morgan fingerprint density at radius 3 is 1.79 bits per heavy atom. The fourth-order valence-electron chi connectivity index (χ4n) is 2.27. The molecule has 0 saturated heterocycles. The molecule has 0 heterocycles. The van der Waals surface area contributed by atoms with Crippen molar-refractivity contribution in [2.75, 3.05) is 6.54 Å². The lowest BCUT2D eigenvalue weighted by Gasteiger charge is -2.22. The second-order valence-corrected chi connectivity index (χ2v) is 6.45. The fourth-order valence-corrected chi connectivity index (χ4v) is 2.27. The van der Waals surface area contributed by atoms with Gasteiger partial charge in [-0.3, -0.25) is 28.8 Å². The quantitative estimate of drug-likeness (QED) is 0.138. The van der Waals surface area contributed by atoms with E-state index < -0.39 is 60.5 Å². The molecule has 0 saturated carbocycles. The first kappa shape index (κ1) is 25.8. The molecule has 6 amide bonds. The van der Waals surface area contributed by atoms with Crippen LogP contribution in [0.2, 0.25) is 0 Å². The van der Waals surface area contributed by atoms with Crippen LogP contribution in [0, 0.1) is 0 Å². The topological polar surface area (TPSA) is 243 Å². The molecule has 13 nitrogen and oxygen atoms in total. The highest BCUT2D eigenvalue weighted by Crippen LogP contribution is 2.02. The molecular formula is C16H29N7O6. The van der Waals surface area contributed by atoms with E-state index in [0.29, 0.717) is 19.4 Å². The summed E-state index contributed by atoms with van der Waals surface area (Å²) in [5, 5.41) is 7.04. The third kappa shape index (κ3) is 12.0. The lowest BCUT2D eigenvalue weighted by Crippen LogP contribution is -2.56. The summed E-state index contributed by atoms with van der Waals surface area (Å²) in [6, 6.07) is -3.80. The van der Waals surface area contributed by atoms with Gasteiger partial charge in [-0.15, -0.1) is 0 Å². The maximum Gasteiger partial charge on any atom is 0.243 e. The van der Waals surface area contributed by atoms with Crippen molar-refractivity contribution in [2.24, 2.45) is 22.9 Å². The molecule has 0 fully saturated rings. The molecule has 11 N–H and O–H groups in total. The second kappa shape index (κ2) is 13.0. The summed E-state index contributed by atoms with van der Waals surface area (Å²) in [5.41, 5.74) is 20.9. The van der Waals surface area contributed by atoms with Gasteiger partial charge in [0.2, 0.25) is 35.4 Å². The van der Waals surface area contributed by atoms with E-state index in [2.05, 4.69) is 16.0 Å². The summed E-state index contributed by atoms with van der Waals surface area (Å²) < 4.78 is 0. The van der Waals surface area contributed by atoms with Crippen LogP contribution in [-0.4, -0.2) is 60.1 Å². The molecule has 3 atom stereocenters. The molecule has 0 aliphatic heterocycles. The van der Waals surface area contributed by atoms with Crippen LogP contribution in [0.3, 0.4) is 0 Å². The SMILES string of the molecule is CC(=O)NCCCCC(N)C(=O)NC(CC(N)=O)C(=O)NC(CC(N)=O)C(N)=O. The average molecular weight is 415 g/mol. The zero-order chi connectivity index (χ0) is 22.6. The molecule has 0 aliphatic carbocycles. The number of primary amides is 3. The highest BCUT2D eigenvalue weighted by atomic mass is 16.2. The van der Waals surface area contributed by atoms with Crippen LogP contribution in [0.4, 0.5) is 0 Å². The Labute approximate surface area is 167 Å². The minimum Gasteiger partial charge on any atom is -0.370 e. The first-order valence-electron chi connectivity index (χ1n) is 8.90. The highest BCUT2D eigenvalue weighted by Gasteiger charge is 2.29. The van der Waals surface area contributed by atoms with E-state index in [1.165, 1.54) is 6.92 Å². The lowest BCUT2D eigenvalue weighted by atomic mass is 10.1. The third-order valence-corrected chi connectivity index (χ3v) is 3.76. The van der Waals surface area contributed by atoms with Gasteiger partial charge < -0.3 is 38.9 Å². The third-order valence-electron chi connectivity index (χ3n) is 3.76. The van der Waals surface area contributed by atoms with Crippen molar-refractivity contribution < 1.29 is 28.8 Å². The number of nitrogens with one attached hydrogen (secondary N) is 3. The van der Waals surface area contributed by atoms with Gasteiger partial charge in [0.15, 0.2) is 0 Å². The molecule has 0 spiro atoms. The van der Waals surface area contributed by atoms with Gasteiger partial charge in [-0.2, -0.15) is 0 Å². The van der Waals surface area contributed by atoms with Gasteiger partial charge in [-0.05, 0) is 19.3 Å². The van der Waals surface area contributed by atoms with Gasteiger partial charge in [0.25, 0.3) is 0 Å². The van der Waals surface area contributed by atoms with E-state index in [1.54, 1.807) is 0 Å². The summed E-state index contributed by atoms with van der Waals surface area (Å²) in [4.78, 5) is 68.8. The molecule has 0 aromatic carbocycles. The van der Waals surface area contributed by atoms with Crippen LogP contribution in [0.25, 0.3) is 0 Å². The zero-order valence-corrected chi connectivity index (χ0v) is 16.2. The standard InChI is InChI=1S/C16H29N7O6/c1-8(24)21-5-3-2-4-9(17)15(28)23-11(7-13(19)26)16(29)22-10(14(20)27)6-12(18)25/h9-11H,2-7,17H2,1H3,(H2,18,25)(H2,19,26)(H2,20,27)(H,21,24)(H,22,29)(H,23,28). The molecule has 0 aromatic rings. The lowest BCUT2D eigenvalue weighted by molar-refractivity contribution is -0.134. The predicted octanol–water partition coefficient (Wildman–Crippen LogP) is -4.17. The highest BCUT2D eigenvalue weighted by molar-refractivity contribution is 5.96. The van der Waals surface area contributed by atoms with E-state index in [0.717, 1.165) is 0 Å². The number of carbonyl (C=O) groups is 6. The number of nitrogens with two attached hydrogens (primary N) is 4. The van der Waals surface area contributed by atoms with Gasteiger partial charge in [0.05, 0.1) is 18.9 Å². The molecule has 164 valence electrons. The molecule has 0 aromatic heterocycles. The van der Waals surface area contributed by atoms with Gasteiger partial charge in [-0.25, -0.2) is 0 Å². The van der Waals surface area contributed by atoms with Gasteiger partial charge in [0.1, 0.15) is 12.1 Å². The van der Waals surface area contributed by atoms with Gasteiger partial charge in [0, 0.05) is 13.5 Å². The van der Waals surface area contributed by atoms with E-state index in [9.17, 15) is 28.8 Å². The Morgan fingerprint density at radius 2 is 1.31 bits per heavy atom. The number of hydrogen-bond donors (Lipinski definition) is 7. The van der Waals surface area contributed by atoms with E-state index in [1.807, 2.05) is 0 Å². The maximum atomic E-state index is 12.3. The molecule has 0 bridgehead atoms. The summed E-state index contributed by atoms with van der Waals surface area (Å²) in [6.45, 7) is 1.82. The first-order chi connectivity index (χ1) is 13.4. The first-order valence-corrected chi connectivity index (χ1v) is 8.90. The van der Waals surface area contributed by atoms with Gasteiger partial charge >= 0.3 is 0 Å². The fraction of sp³-hybridized carbons (Fsp3) is 0.625. The molecule has 0 rings (SSSR count). The van der Waals surface area contributed by atoms with Crippen molar-refractivity contribution in [3.05, 3.63) is 0 Å². The number of carbonyl (C=O) groups excluding carboxylic acids is 6. The van der Waals surface area contributed by atoms with Crippen molar-refractivity contribution in [1.29, 1.82) is 0 Å². The van der Waals surface area contributed by atoms with Crippen molar-refractivity contribution in [1.82, 2.24) is 16.0 Å². The van der Waals surface area contributed by atoms with Crippen molar-refractivity contribution in [2.45, 2.75) is 57.2 Å².